The highest BCUT2D eigenvalue weighted by Gasteiger charge is 2.31. The molecule has 1 atom stereocenters. The molecule has 2 N–H and O–H groups in total. The number of hydrogen-bond donors (Lipinski definition) is 2. The van der Waals surface area contributed by atoms with Crippen LogP contribution in [0.25, 0.3) is 16.9 Å². The van der Waals surface area contributed by atoms with Crippen LogP contribution in [0.3, 0.4) is 0 Å². The molecule has 0 fully saturated rings. The van der Waals surface area contributed by atoms with E-state index in [1.807, 2.05) is 24.3 Å². The number of anilines is 1. The van der Waals surface area contributed by atoms with Crippen molar-refractivity contribution >= 4 is 28.3 Å². The first-order valence-electron chi connectivity index (χ1n) is 10.2. The molecule has 4 rings (SSSR count). The van der Waals surface area contributed by atoms with Crippen LogP contribution in [-0.4, -0.2) is 24.7 Å². The molecule has 0 bridgehead atoms. The van der Waals surface area contributed by atoms with Gasteiger partial charge in [0.05, 0.1) is 34.5 Å². The molecule has 0 amide bonds. The van der Waals surface area contributed by atoms with Gasteiger partial charge in [-0.3, -0.25) is 4.79 Å². The molecular weight excluding hydrogens is 457 g/mol. The van der Waals surface area contributed by atoms with Gasteiger partial charge in [0.1, 0.15) is 10.8 Å². The van der Waals surface area contributed by atoms with Crippen LogP contribution in [0.15, 0.2) is 53.6 Å². The lowest BCUT2D eigenvalue weighted by molar-refractivity contribution is -0.137. The van der Waals surface area contributed by atoms with E-state index in [1.54, 1.807) is 0 Å². The number of imidazole rings is 1. The van der Waals surface area contributed by atoms with E-state index in [-0.39, 0.29) is 22.6 Å². The van der Waals surface area contributed by atoms with Crippen molar-refractivity contribution in [3.63, 3.8) is 0 Å². The summed E-state index contributed by atoms with van der Waals surface area (Å²) in [7, 11) is 0. The largest absolute Gasteiger partial charge is 0.417 e. The standard InChI is InChI=1S/C22H20ClF3N6O/c1-12(2)9-16(20-30-14-5-3-4-6-15(14)31-20)29-17-11-28-32(21(33)19(17)23)18-8-7-13(10-27-18)22(24,25)26/h3-8,10-12,16,29H,9H2,1-2H3,(H,30,31)/t16-/m0/s1. The van der Waals surface area contributed by atoms with Crippen LogP contribution in [0.5, 0.6) is 0 Å². The van der Waals surface area contributed by atoms with Crippen LogP contribution in [0.4, 0.5) is 18.9 Å². The number of rotatable bonds is 6. The molecule has 0 spiro atoms. The molecule has 0 saturated carbocycles. The fourth-order valence-corrected chi connectivity index (χ4v) is 3.59. The number of para-hydroxylation sites is 2. The summed E-state index contributed by atoms with van der Waals surface area (Å²) in [4.78, 5) is 24.4. The maximum absolute atomic E-state index is 12.8. The zero-order chi connectivity index (χ0) is 23.8. The summed E-state index contributed by atoms with van der Waals surface area (Å²) in [6.45, 7) is 4.12. The minimum absolute atomic E-state index is 0.0718. The van der Waals surface area contributed by atoms with Gasteiger partial charge in [0, 0.05) is 6.20 Å². The molecule has 33 heavy (non-hydrogen) atoms. The minimum atomic E-state index is -4.53. The van der Waals surface area contributed by atoms with Crippen molar-refractivity contribution in [2.45, 2.75) is 32.5 Å². The Bertz CT molecular complexity index is 1300. The Labute approximate surface area is 191 Å². The number of hydrogen-bond acceptors (Lipinski definition) is 5. The van der Waals surface area contributed by atoms with Crippen LogP contribution in [-0.2, 0) is 6.18 Å². The van der Waals surface area contributed by atoms with Crippen molar-refractivity contribution in [3.8, 4) is 5.82 Å². The Morgan fingerprint density at radius 2 is 1.91 bits per heavy atom. The summed E-state index contributed by atoms with van der Waals surface area (Å²) < 4.78 is 39.2. The highest BCUT2D eigenvalue weighted by molar-refractivity contribution is 6.33. The number of halogens is 4. The second kappa shape index (κ2) is 8.86. The normalized spacial score (nSPS) is 12.9. The van der Waals surface area contributed by atoms with E-state index in [0.29, 0.717) is 24.4 Å². The van der Waals surface area contributed by atoms with E-state index in [9.17, 15) is 18.0 Å². The van der Waals surface area contributed by atoms with Crippen LogP contribution in [0.2, 0.25) is 5.02 Å². The summed E-state index contributed by atoms with van der Waals surface area (Å²) in [5.74, 6) is 0.922. The molecule has 0 radical (unpaired) electrons. The molecule has 0 unspecified atom stereocenters. The number of aromatic amines is 1. The van der Waals surface area contributed by atoms with Crippen molar-refractivity contribution in [1.82, 2.24) is 24.7 Å². The monoisotopic (exact) mass is 476 g/mol. The highest BCUT2D eigenvalue weighted by atomic mass is 35.5. The quantitative estimate of drug-likeness (QED) is 0.390. The Balaban J connectivity index is 1.65. The van der Waals surface area contributed by atoms with E-state index in [2.05, 4.69) is 39.2 Å². The van der Waals surface area contributed by atoms with Crippen LogP contribution < -0.4 is 10.9 Å². The van der Waals surface area contributed by atoms with E-state index in [1.165, 1.54) is 6.20 Å². The molecule has 0 aliphatic rings. The van der Waals surface area contributed by atoms with Crippen molar-refractivity contribution in [2.75, 3.05) is 5.32 Å². The molecule has 11 heteroatoms. The lowest BCUT2D eigenvalue weighted by atomic mass is 10.0. The maximum Gasteiger partial charge on any atom is 0.417 e. The zero-order valence-electron chi connectivity index (χ0n) is 17.7. The molecule has 4 aromatic rings. The maximum atomic E-state index is 12.8. The van der Waals surface area contributed by atoms with Gasteiger partial charge in [0.2, 0.25) is 0 Å². The van der Waals surface area contributed by atoms with Crippen LogP contribution in [0.1, 0.15) is 37.7 Å². The Morgan fingerprint density at radius 1 is 1.15 bits per heavy atom. The minimum Gasteiger partial charge on any atom is -0.372 e. The predicted octanol–water partition coefficient (Wildman–Crippen LogP) is 5.38. The number of nitrogens with one attached hydrogen (secondary N) is 2. The van der Waals surface area contributed by atoms with Crippen molar-refractivity contribution in [2.24, 2.45) is 5.92 Å². The van der Waals surface area contributed by atoms with Crippen LogP contribution >= 0.6 is 11.6 Å². The number of benzene rings is 1. The van der Waals surface area contributed by atoms with Crippen molar-refractivity contribution in [3.05, 3.63) is 75.6 Å². The van der Waals surface area contributed by atoms with Gasteiger partial charge in [0.25, 0.3) is 5.56 Å². The van der Waals surface area contributed by atoms with Gasteiger partial charge in [-0.2, -0.15) is 23.0 Å². The molecule has 7 nitrogen and oxygen atoms in total. The molecule has 0 aliphatic heterocycles. The first kappa shape index (κ1) is 22.8. The first-order valence-corrected chi connectivity index (χ1v) is 10.5. The Morgan fingerprint density at radius 3 is 2.55 bits per heavy atom. The number of alkyl halides is 3. The van der Waals surface area contributed by atoms with Gasteiger partial charge in [0.15, 0.2) is 5.82 Å². The number of nitrogens with zero attached hydrogens (tertiary/aromatic N) is 4. The molecule has 0 aliphatic carbocycles. The van der Waals surface area contributed by atoms with Gasteiger partial charge in [-0.05, 0) is 36.6 Å². The molecule has 172 valence electrons. The van der Waals surface area contributed by atoms with Crippen molar-refractivity contribution < 1.29 is 13.2 Å². The Kier molecular flexibility index (Phi) is 6.11. The molecule has 3 aromatic heterocycles. The smallest absolute Gasteiger partial charge is 0.372 e. The lowest BCUT2D eigenvalue weighted by Gasteiger charge is -2.20. The summed E-state index contributed by atoms with van der Waals surface area (Å²) >= 11 is 6.32. The highest BCUT2D eigenvalue weighted by Crippen LogP contribution is 2.30. The first-order chi connectivity index (χ1) is 15.6. The number of pyridine rings is 1. The van der Waals surface area contributed by atoms with Gasteiger partial charge < -0.3 is 10.3 Å². The average Bonchev–Trinajstić information content (AvgIpc) is 3.20. The summed E-state index contributed by atoms with van der Waals surface area (Å²) in [6.07, 6.45) is -1.85. The summed E-state index contributed by atoms with van der Waals surface area (Å²) in [5, 5.41) is 7.13. The van der Waals surface area contributed by atoms with E-state index >= 15 is 0 Å². The molecule has 0 saturated heterocycles. The van der Waals surface area contributed by atoms with Gasteiger partial charge >= 0.3 is 6.18 Å². The molecular formula is C22H20ClF3N6O. The topological polar surface area (TPSA) is 88.5 Å². The lowest BCUT2D eigenvalue weighted by Crippen LogP contribution is -2.25. The van der Waals surface area contributed by atoms with E-state index < -0.39 is 17.3 Å². The number of aromatic nitrogens is 5. The Hall–Kier alpha value is -3.40. The van der Waals surface area contributed by atoms with E-state index in [4.69, 9.17) is 11.6 Å². The second-order valence-electron chi connectivity index (χ2n) is 7.96. The molecule has 3 heterocycles. The number of H-pyrrole nitrogens is 1. The predicted molar refractivity (Wildman–Crippen MR) is 120 cm³/mol. The fourth-order valence-electron chi connectivity index (χ4n) is 3.41. The number of fused-ring (bicyclic) bond motifs is 1. The third kappa shape index (κ3) is 4.85. The van der Waals surface area contributed by atoms with Gasteiger partial charge in [-0.25, -0.2) is 9.97 Å². The SMILES string of the molecule is CC(C)C[C@H](Nc1cnn(-c2ccc(C(F)(F)F)cn2)c(=O)c1Cl)c1nc2ccccc2[nH]1. The van der Waals surface area contributed by atoms with Crippen LogP contribution in [0, 0.1) is 5.92 Å². The average molecular weight is 477 g/mol. The fraction of sp³-hybridized carbons (Fsp3) is 0.273. The van der Waals surface area contributed by atoms with Gasteiger partial charge in [-0.15, -0.1) is 0 Å². The van der Waals surface area contributed by atoms with Crippen molar-refractivity contribution in [1.29, 1.82) is 0 Å². The zero-order valence-corrected chi connectivity index (χ0v) is 18.4. The summed E-state index contributed by atoms with van der Waals surface area (Å²) in [6, 6.07) is 9.24. The van der Waals surface area contributed by atoms with E-state index in [0.717, 1.165) is 27.8 Å². The van der Waals surface area contributed by atoms with Gasteiger partial charge in [-0.1, -0.05) is 37.6 Å². The third-order valence-corrected chi connectivity index (χ3v) is 5.35. The third-order valence-electron chi connectivity index (χ3n) is 4.99. The summed E-state index contributed by atoms with van der Waals surface area (Å²) in [5.41, 5.74) is 0.357. The molecule has 1 aromatic carbocycles. The second-order valence-corrected chi connectivity index (χ2v) is 8.34.